The number of benzene rings is 1. The lowest BCUT2D eigenvalue weighted by molar-refractivity contribution is 0.326. The van der Waals surface area contributed by atoms with Gasteiger partial charge in [-0.15, -0.1) is 0 Å². The van der Waals surface area contributed by atoms with Crippen LogP contribution in [-0.2, 0) is 0 Å². The van der Waals surface area contributed by atoms with Crippen molar-refractivity contribution in [2.24, 2.45) is 0 Å². The largest absolute Gasteiger partial charge is 0.506 e. The standard InChI is InChI=1S/C13H12N2O4/c1-17-9-4-8-10(13(19-3)12(9)18-2)15-6-7(5-14)11(8)16/h4,6H,1-3H3,(H,15,16). The van der Waals surface area contributed by atoms with Crippen molar-refractivity contribution in [1.82, 2.24) is 4.98 Å². The highest BCUT2D eigenvalue weighted by Gasteiger charge is 2.20. The molecule has 0 fully saturated rings. The second kappa shape index (κ2) is 4.90. The number of methoxy groups -OCH3 is 3. The molecule has 0 unspecified atom stereocenters. The van der Waals surface area contributed by atoms with Gasteiger partial charge < -0.3 is 19.3 Å². The number of ether oxygens (including phenoxy) is 3. The van der Waals surface area contributed by atoms with Gasteiger partial charge in [0.15, 0.2) is 11.5 Å². The summed E-state index contributed by atoms with van der Waals surface area (Å²) in [4.78, 5) is 4.12. The van der Waals surface area contributed by atoms with Gasteiger partial charge in [-0.25, -0.2) is 0 Å². The summed E-state index contributed by atoms with van der Waals surface area (Å²) in [7, 11) is 4.42. The van der Waals surface area contributed by atoms with Gasteiger partial charge in [0.1, 0.15) is 22.9 Å². The zero-order valence-corrected chi connectivity index (χ0v) is 10.7. The maximum Gasteiger partial charge on any atom is 0.205 e. The number of nitriles is 1. The topological polar surface area (TPSA) is 84.6 Å². The first-order valence-corrected chi connectivity index (χ1v) is 5.38. The van der Waals surface area contributed by atoms with Crippen LogP contribution in [0.3, 0.4) is 0 Å². The van der Waals surface area contributed by atoms with E-state index in [-0.39, 0.29) is 11.3 Å². The SMILES string of the molecule is COc1cc2c(O)c(C#N)cnc2c(OC)c1OC. The molecule has 0 saturated heterocycles. The molecule has 0 aliphatic carbocycles. The molecule has 1 heterocycles. The molecule has 0 bridgehead atoms. The van der Waals surface area contributed by atoms with Crippen molar-refractivity contribution in [2.75, 3.05) is 21.3 Å². The predicted octanol–water partition coefficient (Wildman–Crippen LogP) is 1.84. The maximum atomic E-state index is 10.0. The average molecular weight is 260 g/mol. The Labute approximate surface area is 109 Å². The van der Waals surface area contributed by atoms with Crippen LogP contribution in [0.2, 0.25) is 0 Å². The number of hydrogen-bond acceptors (Lipinski definition) is 6. The van der Waals surface area contributed by atoms with Crippen LogP contribution < -0.4 is 14.2 Å². The highest BCUT2D eigenvalue weighted by atomic mass is 16.5. The third-order valence-corrected chi connectivity index (χ3v) is 2.76. The van der Waals surface area contributed by atoms with Gasteiger partial charge in [-0.05, 0) is 6.07 Å². The Kier molecular flexibility index (Phi) is 3.29. The fourth-order valence-electron chi connectivity index (χ4n) is 1.87. The molecule has 1 aromatic heterocycles. The zero-order valence-electron chi connectivity index (χ0n) is 10.7. The van der Waals surface area contributed by atoms with Crippen molar-refractivity contribution < 1.29 is 19.3 Å². The lowest BCUT2D eigenvalue weighted by atomic mass is 10.1. The summed E-state index contributed by atoms with van der Waals surface area (Å²) >= 11 is 0. The summed E-state index contributed by atoms with van der Waals surface area (Å²) in [6.45, 7) is 0. The van der Waals surface area contributed by atoms with E-state index >= 15 is 0 Å². The van der Waals surface area contributed by atoms with Gasteiger partial charge >= 0.3 is 0 Å². The number of hydrogen-bond donors (Lipinski definition) is 1. The molecule has 2 rings (SSSR count). The van der Waals surface area contributed by atoms with E-state index in [0.717, 1.165) is 0 Å². The van der Waals surface area contributed by atoms with Gasteiger partial charge in [0, 0.05) is 6.20 Å². The second-order valence-corrected chi connectivity index (χ2v) is 3.67. The van der Waals surface area contributed by atoms with E-state index in [1.807, 2.05) is 6.07 Å². The molecule has 0 aliphatic heterocycles. The van der Waals surface area contributed by atoms with Crippen molar-refractivity contribution in [1.29, 1.82) is 5.26 Å². The summed E-state index contributed by atoms with van der Waals surface area (Å²) in [5, 5.41) is 19.3. The number of rotatable bonds is 3. The summed E-state index contributed by atoms with van der Waals surface area (Å²) in [5.41, 5.74) is 0.485. The van der Waals surface area contributed by atoms with Crippen molar-refractivity contribution in [3.05, 3.63) is 17.8 Å². The molecule has 6 heteroatoms. The first-order chi connectivity index (χ1) is 9.17. The highest BCUT2D eigenvalue weighted by molar-refractivity contribution is 5.95. The summed E-state index contributed by atoms with van der Waals surface area (Å²) in [6, 6.07) is 3.42. The van der Waals surface area contributed by atoms with Crippen LogP contribution in [0, 0.1) is 11.3 Å². The normalized spacial score (nSPS) is 10.0. The minimum Gasteiger partial charge on any atom is -0.506 e. The molecule has 0 aliphatic rings. The number of pyridine rings is 1. The molecule has 6 nitrogen and oxygen atoms in total. The fraction of sp³-hybridized carbons (Fsp3) is 0.231. The van der Waals surface area contributed by atoms with E-state index < -0.39 is 0 Å². The van der Waals surface area contributed by atoms with Crippen LogP contribution in [0.5, 0.6) is 23.0 Å². The molecule has 98 valence electrons. The Morgan fingerprint density at radius 1 is 1.16 bits per heavy atom. The molecule has 2 aromatic rings. The Balaban J connectivity index is 2.93. The van der Waals surface area contributed by atoms with Crippen LogP contribution in [0.1, 0.15) is 5.56 Å². The molecule has 0 amide bonds. The molecule has 1 aromatic carbocycles. The minimum absolute atomic E-state index is 0.0850. The van der Waals surface area contributed by atoms with E-state index in [1.165, 1.54) is 27.5 Å². The molecule has 1 N–H and O–H groups in total. The first kappa shape index (κ1) is 12.8. The monoisotopic (exact) mass is 260 g/mol. The van der Waals surface area contributed by atoms with Crippen LogP contribution in [0.15, 0.2) is 12.3 Å². The predicted molar refractivity (Wildman–Crippen MR) is 67.8 cm³/mol. The van der Waals surface area contributed by atoms with Crippen LogP contribution >= 0.6 is 0 Å². The molecule has 0 spiro atoms. The lowest BCUT2D eigenvalue weighted by Crippen LogP contribution is -1.97. The molecule has 0 saturated carbocycles. The molecule has 0 atom stereocenters. The van der Waals surface area contributed by atoms with Crippen LogP contribution in [0.4, 0.5) is 0 Å². The van der Waals surface area contributed by atoms with Crippen molar-refractivity contribution in [2.45, 2.75) is 0 Å². The van der Waals surface area contributed by atoms with Crippen molar-refractivity contribution in [3.63, 3.8) is 0 Å². The number of aromatic hydroxyl groups is 1. The number of nitrogens with zero attached hydrogens (tertiary/aromatic N) is 2. The maximum absolute atomic E-state index is 10.0. The van der Waals surface area contributed by atoms with E-state index in [0.29, 0.717) is 28.2 Å². The first-order valence-electron chi connectivity index (χ1n) is 5.38. The fourth-order valence-corrected chi connectivity index (χ4v) is 1.87. The summed E-state index contributed by atoms with van der Waals surface area (Å²) < 4.78 is 15.7. The van der Waals surface area contributed by atoms with Gasteiger partial charge in [-0.3, -0.25) is 4.98 Å². The summed E-state index contributed by atoms with van der Waals surface area (Å²) in [5.74, 6) is 0.955. The number of fused-ring (bicyclic) bond motifs is 1. The molecule has 0 radical (unpaired) electrons. The molecular formula is C13H12N2O4. The molecule has 19 heavy (non-hydrogen) atoms. The van der Waals surface area contributed by atoms with Crippen molar-refractivity contribution in [3.8, 4) is 29.1 Å². The Morgan fingerprint density at radius 3 is 2.37 bits per heavy atom. The quantitative estimate of drug-likeness (QED) is 0.906. The van der Waals surface area contributed by atoms with Crippen molar-refractivity contribution >= 4 is 10.9 Å². The van der Waals surface area contributed by atoms with Gasteiger partial charge in [0.25, 0.3) is 0 Å². The van der Waals surface area contributed by atoms with Crippen LogP contribution in [-0.4, -0.2) is 31.4 Å². The van der Waals surface area contributed by atoms with E-state index in [9.17, 15) is 5.11 Å². The van der Waals surface area contributed by atoms with E-state index in [2.05, 4.69) is 4.98 Å². The van der Waals surface area contributed by atoms with Gasteiger partial charge in [-0.2, -0.15) is 5.26 Å². The zero-order chi connectivity index (χ0) is 14.0. The smallest absolute Gasteiger partial charge is 0.205 e. The average Bonchev–Trinajstić information content (AvgIpc) is 2.45. The molecular weight excluding hydrogens is 248 g/mol. The Bertz CT molecular complexity index is 677. The second-order valence-electron chi connectivity index (χ2n) is 3.67. The van der Waals surface area contributed by atoms with Gasteiger partial charge in [0.05, 0.1) is 26.7 Å². The summed E-state index contributed by atoms with van der Waals surface area (Å²) in [6.07, 6.45) is 1.28. The third-order valence-electron chi connectivity index (χ3n) is 2.76. The van der Waals surface area contributed by atoms with Gasteiger partial charge in [0.2, 0.25) is 5.75 Å². The highest BCUT2D eigenvalue weighted by Crippen LogP contribution is 2.45. The van der Waals surface area contributed by atoms with Gasteiger partial charge in [-0.1, -0.05) is 0 Å². The Hall–Kier alpha value is -2.68. The minimum atomic E-state index is -0.160. The van der Waals surface area contributed by atoms with Crippen LogP contribution in [0.25, 0.3) is 10.9 Å². The Morgan fingerprint density at radius 2 is 1.84 bits per heavy atom. The van der Waals surface area contributed by atoms with E-state index in [4.69, 9.17) is 19.5 Å². The lowest BCUT2D eigenvalue weighted by Gasteiger charge is -2.14. The number of aromatic nitrogens is 1. The third kappa shape index (κ3) is 1.85. The van der Waals surface area contributed by atoms with E-state index in [1.54, 1.807) is 6.07 Å².